The van der Waals surface area contributed by atoms with Gasteiger partial charge in [-0.05, 0) is 55.6 Å². The van der Waals surface area contributed by atoms with Gasteiger partial charge in [-0.1, -0.05) is 35.6 Å². The van der Waals surface area contributed by atoms with Gasteiger partial charge in [-0.3, -0.25) is 0 Å². The zero-order valence-corrected chi connectivity index (χ0v) is 28.5. The first-order valence-electron chi connectivity index (χ1n) is 13.7. The van der Waals surface area contributed by atoms with E-state index in [1.54, 1.807) is 38.1 Å². The van der Waals surface area contributed by atoms with Crippen LogP contribution in [0, 0.1) is 0 Å². The number of rotatable bonds is 25. The Hall–Kier alpha value is -1.57. The van der Waals surface area contributed by atoms with E-state index in [4.69, 9.17) is 39.6 Å². The minimum absolute atomic E-state index is 0.0597. The third-order valence-corrected chi connectivity index (χ3v) is 9.45. The summed E-state index contributed by atoms with van der Waals surface area (Å²) in [5.41, 5.74) is -1.97. The third-order valence-electron chi connectivity index (χ3n) is 5.55. The van der Waals surface area contributed by atoms with Crippen molar-refractivity contribution in [2.45, 2.75) is 44.8 Å². The van der Waals surface area contributed by atoms with Crippen LogP contribution in [-0.2, 0) is 49.2 Å². The minimum atomic E-state index is -1.02. The normalized spacial score (nSPS) is 14.6. The molecule has 8 nitrogen and oxygen atoms in total. The van der Waals surface area contributed by atoms with E-state index < -0.39 is 23.1 Å². The summed E-state index contributed by atoms with van der Waals surface area (Å²) in [5.74, 6) is 4.40. The van der Waals surface area contributed by atoms with Gasteiger partial charge in [0, 0.05) is 41.9 Å². The van der Waals surface area contributed by atoms with Crippen LogP contribution in [-0.4, -0.2) is 91.4 Å². The van der Waals surface area contributed by atoms with Crippen LogP contribution in [0.3, 0.4) is 0 Å². The lowest BCUT2D eigenvalue weighted by Gasteiger charge is -2.29. The smallest absolute Gasteiger partial charge is 0.330 e. The molecule has 0 amide bonds. The fraction of sp³-hybridized carbons (Fsp3) is 0.600. The number of carbonyl (C=O) groups excluding carboxylic acids is 2. The number of thioether (sulfide) groups is 2. The largest absolute Gasteiger partial charge is 0.489 e. The molecule has 42 heavy (non-hydrogen) atoms. The van der Waals surface area contributed by atoms with Gasteiger partial charge in [-0.25, -0.2) is 9.59 Å². The Balaban J connectivity index is 2.76. The van der Waals surface area contributed by atoms with Crippen LogP contribution in [0.15, 0.2) is 49.6 Å². The Morgan fingerprint density at radius 2 is 1.55 bits per heavy atom. The maximum atomic E-state index is 12.0. The Kier molecular flexibility index (Phi) is 20.2. The van der Waals surface area contributed by atoms with E-state index in [9.17, 15) is 9.59 Å². The molecular formula is C30H46O8S4. The molecule has 1 rings (SSSR count). The van der Waals surface area contributed by atoms with Gasteiger partial charge in [0.05, 0.1) is 25.8 Å². The fourth-order valence-corrected chi connectivity index (χ4v) is 6.48. The minimum Gasteiger partial charge on any atom is -0.489 e. The predicted molar refractivity (Wildman–Crippen MR) is 179 cm³/mol. The maximum Gasteiger partial charge on any atom is 0.330 e. The average Bonchev–Trinajstić information content (AvgIpc) is 2.97. The number of hydrogen-bond acceptors (Lipinski definition) is 11. The van der Waals surface area contributed by atoms with Gasteiger partial charge in [-0.2, -0.15) is 23.5 Å². The first kappa shape index (κ1) is 38.5. The lowest BCUT2D eigenvalue weighted by molar-refractivity contribution is -0.162. The van der Waals surface area contributed by atoms with Gasteiger partial charge in [0.2, 0.25) is 0 Å². The number of hydrogen-bond donors (Lipinski definition) is 0. The second kappa shape index (κ2) is 22.0. The third kappa shape index (κ3) is 17.5. The highest BCUT2D eigenvalue weighted by molar-refractivity contribution is 8.28. The number of carbonyl (C=O) groups is 2. The van der Waals surface area contributed by atoms with Crippen LogP contribution in [0.4, 0.5) is 0 Å². The molecule has 0 saturated carbocycles. The van der Waals surface area contributed by atoms with Crippen LogP contribution in [0.1, 0.15) is 33.6 Å². The summed E-state index contributed by atoms with van der Waals surface area (Å²) in [6.07, 6.45) is 5.77. The summed E-state index contributed by atoms with van der Waals surface area (Å²) >= 11 is 9.04. The molecule has 1 aromatic carbocycles. The summed E-state index contributed by atoms with van der Waals surface area (Å²) in [6.45, 7) is 13.9. The van der Waals surface area contributed by atoms with Crippen LogP contribution >= 0.6 is 23.5 Å². The Labute approximate surface area is 267 Å². The molecule has 3 atom stereocenters. The van der Waals surface area contributed by atoms with Crippen molar-refractivity contribution in [3.8, 4) is 11.5 Å². The molecule has 238 valence electrons. The van der Waals surface area contributed by atoms with Crippen molar-refractivity contribution in [2.75, 3.05) is 68.2 Å². The quantitative estimate of drug-likeness (QED) is 0.0768. The molecular weight excluding hydrogens is 617 g/mol. The van der Waals surface area contributed by atoms with E-state index >= 15 is 0 Å². The van der Waals surface area contributed by atoms with E-state index in [-0.39, 0.29) is 29.3 Å². The van der Waals surface area contributed by atoms with Crippen LogP contribution in [0.2, 0.25) is 0 Å². The monoisotopic (exact) mass is 662 g/mol. The Bertz CT molecular complexity index is 992. The second-order valence-electron chi connectivity index (χ2n) is 9.78. The zero-order valence-electron chi connectivity index (χ0n) is 25.3. The van der Waals surface area contributed by atoms with Crippen molar-refractivity contribution in [2.24, 2.45) is 0 Å². The number of benzene rings is 1. The topological polar surface area (TPSA) is 89.5 Å². The first-order chi connectivity index (χ1) is 20.1. The number of ether oxygens (including phenoxy) is 6. The van der Waals surface area contributed by atoms with E-state index in [0.29, 0.717) is 37.1 Å². The molecule has 0 heterocycles. The summed E-state index contributed by atoms with van der Waals surface area (Å²) in [4.78, 5) is 24.0. The van der Waals surface area contributed by atoms with Gasteiger partial charge < -0.3 is 28.4 Å². The van der Waals surface area contributed by atoms with Crippen molar-refractivity contribution >= 4 is 56.1 Å². The average molecular weight is 663 g/mol. The Morgan fingerprint density at radius 1 is 0.929 bits per heavy atom. The molecule has 0 aliphatic heterocycles. The predicted octanol–water partition coefficient (Wildman–Crippen LogP) is 5.39. The molecule has 0 saturated heterocycles. The highest BCUT2D eigenvalue weighted by atomic mass is 32.8. The van der Waals surface area contributed by atoms with Crippen molar-refractivity contribution in [3.05, 3.63) is 49.6 Å². The molecule has 12 heteroatoms. The van der Waals surface area contributed by atoms with Gasteiger partial charge in [-0.15, -0.1) is 0 Å². The fourth-order valence-electron chi connectivity index (χ4n) is 3.32. The SMILES string of the molecule is C=CC(=O)OC(C)(CCOCS(=S)CCC)COc1cccc(OCC(C)(COCCSCCSC)OC(=O)C=C)c1. The molecule has 0 radical (unpaired) electrons. The van der Waals surface area contributed by atoms with Gasteiger partial charge >= 0.3 is 11.9 Å². The Morgan fingerprint density at radius 3 is 2.14 bits per heavy atom. The molecule has 0 aliphatic rings. The molecule has 0 bridgehead atoms. The van der Waals surface area contributed by atoms with Gasteiger partial charge in [0.25, 0.3) is 0 Å². The lowest BCUT2D eigenvalue weighted by Crippen LogP contribution is -2.42. The van der Waals surface area contributed by atoms with Crippen molar-refractivity contribution in [1.29, 1.82) is 0 Å². The van der Waals surface area contributed by atoms with E-state index in [1.165, 1.54) is 0 Å². The molecule has 0 aliphatic carbocycles. The van der Waals surface area contributed by atoms with Gasteiger partial charge in [0.1, 0.15) is 30.3 Å². The highest BCUT2D eigenvalue weighted by Crippen LogP contribution is 2.25. The molecule has 3 unspecified atom stereocenters. The van der Waals surface area contributed by atoms with Crippen LogP contribution in [0.25, 0.3) is 0 Å². The summed E-state index contributed by atoms with van der Waals surface area (Å²) < 4.78 is 34.8. The van der Waals surface area contributed by atoms with E-state index in [1.807, 2.05) is 23.5 Å². The van der Waals surface area contributed by atoms with Crippen molar-refractivity contribution in [1.82, 2.24) is 0 Å². The van der Waals surface area contributed by atoms with Crippen molar-refractivity contribution < 1.29 is 38.0 Å². The summed E-state index contributed by atoms with van der Waals surface area (Å²) in [6, 6.07) is 7.06. The molecule has 0 aromatic heterocycles. The molecule has 0 N–H and O–H groups in total. The zero-order chi connectivity index (χ0) is 31.3. The molecule has 0 spiro atoms. The standard InChI is InChI=1S/C30H46O8S4/c1-7-19-42(39)24-34-14-13-29(4,37-27(31)8-2)22-35-25-11-10-12-26(20-25)36-23-30(5,38-28(32)9-3)21-33-15-16-41-18-17-40-6/h8-12,20H,2-3,7,13-19,21-24H2,1,4-6H3. The highest BCUT2D eigenvalue weighted by Gasteiger charge is 2.31. The maximum absolute atomic E-state index is 12.0. The second-order valence-corrected chi connectivity index (χ2v) is 14.9. The number of esters is 2. The summed E-state index contributed by atoms with van der Waals surface area (Å²) in [7, 11) is -0.214. The van der Waals surface area contributed by atoms with Crippen LogP contribution in [0.5, 0.6) is 11.5 Å². The first-order valence-corrected chi connectivity index (χ1v) is 18.8. The van der Waals surface area contributed by atoms with Crippen molar-refractivity contribution in [3.63, 3.8) is 0 Å². The van der Waals surface area contributed by atoms with Crippen LogP contribution < -0.4 is 9.47 Å². The lowest BCUT2D eigenvalue weighted by atomic mass is 10.0. The molecule has 0 fully saturated rings. The van der Waals surface area contributed by atoms with Gasteiger partial charge in [0.15, 0.2) is 5.60 Å². The molecule has 1 aromatic rings. The van der Waals surface area contributed by atoms with E-state index in [0.717, 1.165) is 41.6 Å². The van der Waals surface area contributed by atoms with E-state index in [2.05, 4.69) is 26.3 Å². The summed E-state index contributed by atoms with van der Waals surface area (Å²) in [5, 5.41) is 0.